The summed E-state index contributed by atoms with van der Waals surface area (Å²) < 4.78 is 5.30. The molecule has 0 radical (unpaired) electrons. The van der Waals surface area contributed by atoms with Gasteiger partial charge >= 0.3 is 0 Å². The maximum absolute atomic E-state index is 12.0. The summed E-state index contributed by atoms with van der Waals surface area (Å²) in [6.45, 7) is 0. The third kappa shape index (κ3) is 4.02. The average molecular weight is 278 g/mol. The molecule has 0 unspecified atom stereocenters. The number of pyridine rings is 1. The summed E-state index contributed by atoms with van der Waals surface area (Å²) in [5.74, 6) is -0.0844. The Morgan fingerprint density at radius 1 is 1.50 bits per heavy atom. The van der Waals surface area contributed by atoms with Crippen LogP contribution in [0.3, 0.4) is 0 Å². The van der Waals surface area contributed by atoms with E-state index in [1.807, 2.05) is 12.1 Å². The predicted octanol–water partition coefficient (Wildman–Crippen LogP) is 1.06. The number of aromatic nitrogens is 1. The van der Waals surface area contributed by atoms with Crippen molar-refractivity contribution < 1.29 is 14.6 Å². The number of nitrogens with zero attached hydrogens (tertiary/aromatic N) is 1. The van der Waals surface area contributed by atoms with Crippen molar-refractivity contribution in [1.29, 1.82) is 0 Å². The van der Waals surface area contributed by atoms with Gasteiger partial charge in [0.15, 0.2) is 0 Å². The number of nitrogens with one attached hydrogen (secondary N) is 1. The van der Waals surface area contributed by atoms with Gasteiger partial charge in [-0.2, -0.15) is 0 Å². The fourth-order valence-electron chi connectivity index (χ4n) is 2.67. The van der Waals surface area contributed by atoms with Crippen molar-refractivity contribution in [1.82, 2.24) is 10.3 Å². The maximum Gasteiger partial charge on any atom is 0.224 e. The molecule has 1 heterocycles. The lowest BCUT2D eigenvalue weighted by Crippen LogP contribution is -2.48. The normalized spacial score (nSPS) is 26.8. The number of rotatable bonds is 4. The maximum atomic E-state index is 12.0. The van der Waals surface area contributed by atoms with E-state index in [1.165, 1.54) is 0 Å². The Morgan fingerprint density at radius 3 is 3.00 bits per heavy atom. The first-order valence-electron chi connectivity index (χ1n) is 7.10. The van der Waals surface area contributed by atoms with Crippen LogP contribution in [0.2, 0.25) is 0 Å². The van der Waals surface area contributed by atoms with Crippen LogP contribution in [-0.4, -0.2) is 41.4 Å². The lowest BCUT2D eigenvalue weighted by molar-refractivity contribution is -0.123. The van der Waals surface area contributed by atoms with Gasteiger partial charge in [-0.1, -0.05) is 18.9 Å². The Labute approximate surface area is 119 Å². The molecule has 20 heavy (non-hydrogen) atoms. The highest BCUT2D eigenvalue weighted by molar-refractivity contribution is 5.78. The largest absolute Gasteiger partial charge is 0.388 e. The van der Waals surface area contributed by atoms with Gasteiger partial charge in [0.1, 0.15) is 6.10 Å². The molecule has 1 amide bonds. The molecular weight excluding hydrogens is 256 g/mol. The minimum absolute atomic E-state index is 0.0844. The van der Waals surface area contributed by atoms with Crippen LogP contribution in [0.15, 0.2) is 24.5 Å². The van der Waals surface area contributed by atoms with Crippen molar-refractivity contribution in [2.24, 2.45) is 0 Å². The Hall–Kier alpha value is -1.46. The summed E-state index contributed by atoms with van der Waals surface area (Å²) in [5.41, 5.74) is 0.872. The number of aliphatic hydroxyl groups is 1. The van der Waals surface area contributed by atoms with E-state index < -0.39 is 6.10 Å². The van der Waals surface area contributed by atoms with Crippen LogP contribution in [0.5, 0.6) is 0 Å². The molecule has 1 aromatic heterocycles. The van der Waals surface area contributed by atoms with Gasteiger partial charge in [-0.25, -0.2) is 0 Å². The second-order valence-electron chi connectivity index (χ2n) is 5.26. The molecule has 5 nitrogen and oxygen atoms in total. The number of hydrogen-bond donors (Lipinski definition) is 2. The van der Waals surface area contributed by atoms with Crippen molar-refractivity contribution in [3.05, 3.63) is 30.1 Å². The molecule has 1 aliphatic rings. The van der Waals surface area contributed by atoms with Gasteiger partial charge in [-0.15, -0.1) is 0 Å². The predicted molar refractivity (Wildman–Crippen MR) is 75.1 cm³/mol. The molecule has 0 spiro atoms. The molecule has 2 N–H and O–H groups in total. The Balaban J connectivity index is 1.92. The quantitative estimate of drug-likeness (QED) is 0.808. The first kappa shape index (κ1) is 14.9. The fraction of sp³-hybridized carbons (Fsp3) is 0.600. The molecule has 0 aromatic carbocycles. The molecule has 1 aromatic rings. The van der Waals surface area contributed by atoms with Crippen molar-refractivity contribution in [2.75, 3.05) is 7.11 Å². The Kier molecular flexibility index (Phi) is 5.49. The van der Waals surface area contributed by atoms with Crippen LogP contribution in [0, 0.1) is 0 Å². The van der Waals surface area contributed by atoms with Crippen LogP contribution in [0.1, 0.15) is 31.2 Å². The number of carbonyl (C=O) groups excluding carboxylic acids is 1. The molecule has 0 aliphatic heterocycles. The molecular formula is C15H22N2O3. The molecule has 2 rings (SSSR count). The third-order valence-corrected chi connectivity index (χ3v) is 3.78. The van der Waals surface area contributed by atoms with Crippen molar-refractivity contribution >= 4 is 5.91 Å². The second kappa shape index (κ2) is 7.36. The second-order valence-corrected chi connectivity index (χ2v) is 5.26. The molecule has 0 saturated heterocycles. The molecule has 110 valence electrons. The molecule has 1 saturated carbocycles. The standard InChI is InChI=1S/C15H22N2O3/c1-20-13-7-3-2-6-12(15(13)19)17-14(18)9-11-5-4-8-16-10-11/h4-5,8,10,12-13,15,19H,2-3,6-7,9H2,1H3,(H,17,18)/t12-,13-,15-/m1/s1. The summed E-state index contributed by atoms with van der Waals surface area (Å²) in [6, 6.07) is 3.45. The lowest BCUT2D eigenvalue weighted by Gasteiger charge is -2.27. The fourth-order valence-corrected chi connectivity index (χ4v) is 2.67. The molecule has 3 atom stereocenters. The van der Waals surface area contributed by atoms with Crippen molar-refractivity contribution in [2.45, 2.75) is 50.4 Å². The highest BCUT2D eigenvalue weighted by atomic mass is 16.5. The van der Waals surface area contributed by atoms with Gasteiger partial charge in [-0.05, 0) is 24.5 Å². The van der Waals surface area contributed by atoms with Gasteiger partial charge in [0.25, 0.3) is 0 Å². The van der Waals surface area contributed by atoms with Crippen molar-refractivity contribution in [3.8, 4) is 0 Å². The third-order valence-electron chi connectivity index (χ3n) is 3.78. The van der Waals surface area contributed by atoms with E-state index in [4.69, 9.17) is 4.74 Å². The lowest BCUT2D eigenvalue weighted by atomic mass is 10.0. The van der Waals surface area contributed by atoms with Crippen LogP contribution in [-0.2, 0) is 16.0 Å². The highest BCUT2D eigenvalue weighted by Crippen LogP contribution is 2.21. The first-order valence-corrected chi connectivity index (χ1v) is 7.10. The topological polar surface area (TPSA) is 71.5 Å². The van der Waals surface area contributed by atoms with Gasteiger partial charge in [0.2, 0.25) is 5.91 Å². The summed E-state index contributed by atoms with van der Waals surface area (Å²) in [4.78, 5) is 16.0. The zero-order valence-electron chi connectivity index (χ0n) is 11.8. The summed E-state index contributed by atoms with van der Waals surface area (Å²) in [6.07, 6.45) is 6.46. The Bertz CT molecular complexity index is 424. The zero-order chi connectivity index (χ0) is 14.4. The van der Waals surface area contributed by atoms with Crippen LogP contribution >= 0.6 is 0 Å². The Morgan fingerprint density at radius 2 is 2.30 bits per heavy atom. The minimum Gasteiger partial charge on any atom is -0.388 e. The van der Waals surface area contributed by atoms with Gasteiger partial charge in [0, 0.05) is 19.5 Å². The van der Waals surface area contributed by atoms with Crippen LogP contribution in [0.25, 0.3) is 0 Å². The monoisotopic (exact) mass is 278 g/mol. The first-order chi connectivity index (χ1) is 9.70. The van der Waals surface area contributed by atoms with E-state index in [-0.39, 0.29) is 24.5 Å². The van der Waals surface area contributed by atoms with Gasteiger partial charge in [-0.3, -0.25) is 9.78 Å². The van der Waals surface area contributed by atoms with E-state index in [0.717, 1.165) is 31.2 Å². The average Bonchev–Trinajstić information content (AvgIpc) is 2.62. The van der Waals surface area contributed by atoms with E-state index >= 15 is 0 Å². The zero-order valence-corrected chi connectivity index (χ0v) is 11.8. The SMILES string of the molecule is CO[C@@H]1CCCC[C@@H](NC(=O)Cc2cccnc2)[C@H]1O. The van der Waals surface area contributed by atoms with Gasteiger partial charge in [0.05, 0.1) is 18.6 Å². The van der Waals surface area contributed by atoms with E-state index in [9.17, 15) is 9.90 Å². The van der Waals surface area contributed by atoms with Crippen LogP contribution in [0.4, 0.5) is 0 Å². The van der Waals surface area contributed by atoms with Crippen molar-refractivity contribution in [3.63, 3.8) is 0 Å². The summed E-state index contributed by atoms with van der Waals surface area (Å²) in [7, 11) is 1.60. The van der Waals surface area contributed by atoms with E-state index in [1.54, 1.807) is 19.5 Å². The number of amides is 1. The number of hydrogen-bond acceptors (Lipinski definition) is 4. The molecule has 1 aliphatic carbocycles. The molecule has 0 bridgehead atoms. The molecule has 1 fully saturated rings. The van der Waals surface area contributed by atoms with E-state index in [2.05, 4.69) is 10.3 Å². The summed E-state index contributed by atoms with van der Waals surface area (Å²) >= 11 is 0. The molecule has 5 heteroatoms. The number of methoxy groups -OCH3 is 1. The van der Waals surface area contributed by atoms with E-state index in [0.29, 0.717) is 0 Å². The van der Waals surface area contributed by atoms with Gasteiger partial charge < -0.3 is 15.2 Å². The highest BCUT2D eigenvalue weighted by Gasteiger charge is 2.30. The number of aliphatic hydroxyl groups excluding tert-OH is 1. The summed E-state index contributed by atoms with van der Waals surface area (Å²) in [5, 5.41) is 13.2. The van der Waals surface area contributed by atoms with Crippen LogP contribution < -0.4 is 5.32 Å². The smallest absolute Gasteiger partial charge is 0.224 e. The number of carbonyl (C=O) groups is 1. The number of ether oxygens (including phenoxy) is 1. The minimum atomic E-state index is -0.639.